The highest BCUT2D eigenvalue weighted by atomic mass is 31.2. The lowest BCUT2D eigenvalue weighted by atomic mass is 10.0. The first-order chi connectivity index (χ1) is 31.6. The molecule has 0 N–H and O–H groups in total. The summed E-state index contributed by atoms with van der Waals surface area (Å²) in [6.07, 6.45) is -3.43. The maximum atomic E-state index is 14.9. The zero-order valence-electron chi connectivity index (χ0n) is 33.5. The third-order valence-electron chi connectivity index (χ3n) is 10.3. The van der Waals surface area contributed by atoms with E-state index in [1.165, 1.54) is 0 Å². The summed E-state index contributed by atoms with van der Waals surface area (Å²) < 4.78 is 87.9. The second kappa shape index (κ2) is 17.9. The zero-order valence-corrected chi connectivity index (χ0v) is 35.3. The number of hydrogen-bond donors (Lipinski definition) is 0. The molecule has 324 valence electrons. The third-order valence-corrected chi connectivity index (χ3v) is 12.3. The minimum absolute atomic E-state index is 0.0240. The Morgan fingerprint density at radius 3 is 1.12 bits per heavy atom. The summed E-state index contributed by atoms with van der Waals surface area (Å²) >= 11 is 0. The molecule has 0 amide bonds. The summed E-state index contributed by atoms with van der Waals surface area (Å²) in [5.41, 5.74) is 2.60. The van der Waals surface area contributed by atoms with Gasteiger partial charge in [-0.25, -0.2) is 0 Å². The largest absolute Gasteiger partial charge is 0.530 e. The Labute approximate surface area is 368 Å². The first-order valence-corrected chi connectivity index (χ1v) is 22.4. The minimum atomic E-state index is -2.40. The molecule has 0 saturated carbocycles. The van der Waals surface area contributed by atoms with Gasteiger partial charge in [0, 0.05) is 0 Å². The van der Waals surface area contributed by atoms with Gasteiger partial charge in [0.15, 0.2) is 12.6 Å². The van der Waals surface area contributed by atoms with Crippen LogP contribution in [-0.4, -0.2) is 32.2 Å². The van der Waals surface area contributed by atoms with Crippen molar-refractivity contribution in [2.75, 3.05) is 26.4 Å². The lowest BCUT2D eigenvalue weighted by Gasteiger charge is -2.25. The van der Waals surface area contributed by atoms with Crippen LogP contribution in [0, 0.1) is 0 Å². The van der Waals surface area contributed by atoms with Crippen molar-refractivity contribution in [2.24, 2.45) is 0 Å². The number of benzene rings is 6. The van der Waals surface area contributed by atoms with Crippen molar-refractivity contribution in [1.29, 1.82) is 0 Å². The van der Waals surface area contributed by atoms with Crippen molar-refractivity contribution in [3.63, 3.8) is 0 Å². The maximum Gasteiger partial charge on any atom is 0.530 e. The highest BCUT2D eigenvalue weighted by Gasteiger charge is 2.44. The Kier molecular flexibility index (Phi) is 11.2. The van der Waals surface area contributed by atoms with E-state index in [4.69, 9.17) is 65.0 Å². The van der Waals surface area contributed by atoms with E-state index in [1.54, 1.807) is 97.1 Å². The molecule has 15 nitrogen and oxygen atoms in total. The van der Waals surface area contributed by atoms with Crippen LogP contribution >= 0.6 is 17.2 Å². The van der Waals surface area contributed by atoms with E-state index in [-0.39, 0.29) is 34.5 Å². The van der Waals surface area contributed by atoms with Gasteiger partial charge in [-0.15, -0.1) is 0 Å². The molecular weight excluding hydrogens is 866 g/mol. The molecule has 12 rings (SSSR count). The molecule has 6 aliphatic rings. The van der Waals surface area contributed by atoms with Crippen molar-refractivity contribution in [1.82, 2.24) is 0 Å². The van der Waals surface area contributed by atoms with E-state index < -0.39 is 48.1 Å². The average Bonchev–Trinajstić information content (AvgIpc) is 4.17. The Bertz CT molecular complexity index is 2500. The van der Waals surface area contributed by atoms with Crippen LogP contribution in [-0.2, 0) is 37.9 Å². The van der Waals surface area contributed by atoms with Gasteiger partial charge in [-0.3, -0.25) is 4.79 Å². The zero-order chi connectivity index (χ0) is 42.8. The normalized spacial score (nSPS) is 21.8. The topological polar surface area (TPSA) is 146 Å². The molecular formula is C47H36O15P2. The van der Waals surface area contributed by atoms with E-state index in [1.807, 2.05) is 48.5 Å². The fourth-order valence-corrected chi connectivity index (χ4v) is 9.43. The van der Waals surface area contributed by atoms with Crippen molar-refractivity contribution < 1.29 is 69.8 Å². The van der Waals surface area contributed by atoms with E-state index in [2.05, 4.69) is 0 Å². The highest BCUT2D eigenvalue weighted by molar-refractivity contribution is 7.43. The van der Waals surface area contributed by atoms with Gasteiger partial charge in [-0.05, 0) is 60.7 Å². The smallest absolute Gasteiger partial charge is 0.415 e. The molecule has 6 heterocycles. The standard InChI is InChI=1S/C47H36O15P2/c48-41-29-13-1-7-19-35(29)57-63(59-37-21-9-3-15-31(37)42-49-25-26-50-42)61-39-23-11-5-17-33(39)44-53-46-47(54-44)56-45(55-46)34-18-6-12-24-40(34)62-64(58-36-20-8-2-14-30(36)41)60-38-22-10-4-16-32(38)43-51-27-28-52-43/h1-24,42-45H,25-28H2. The predicted octanol–water partition coefficient (Wildman–Crippen LogP) is 10.8. The first-order valence-electron chi connectivity index (χ1n) is 20.2. The molecule has 6 aliphatic heterocycles. The van der Waals surface area contributed by atoms with Gasteiger partial charge in [0.1, 0.15) is 34.5 Å². The van der Waals surface area contributed by atoms with Crippen LogP contribution in [0.2, 0.25) is 0 Å². The lowest BCUT2D eigenvalue weighted by Crippen LogP contribution is -2.13. The van der Waals surface area contributed by atoms with Crippen molar-refractivity contribution in [3.05, 3.63) is 191 Å². The molecule has 0 aromatic heterocycles. The fraction of sp³-hybridized carbons (Fsp3) is 0.170. The Hall–Kier alpha value is -6.57. The maximum absolute atomic E-state index is 14.9. The third kappa shape index (κ3) is 8.21. The summed E-state index contributed by atoms with van der Waals surface area (Å²) in [6.45, 7) is 1.69. The Balaban J connectivity index is 1.00. The van der Waals surface area contributed by atoms with Crippen LogP contribution in [0.15, 0.2) is 157 Å². The van der Waals surface area contributed by atoms with Gasteiger partial charge >= 0.3 is 29.1 Å². The fourth-order valence-electron chi connectivity index (χ4n) is 7.25. The first kappa shape index (κ1) is 40.2. The van der Waals surface area contributed by atoms with Crippen LogP contribution in [0.1, 0.15) is 63.3 Å². The second-order valence-corrected chi connectivity index (χ2v) is 16.3. The summed E-state index contributed by atoms with van der Waals surface area (Å²) in [5.74, 6) is 1.34. The van der Waals surface area contributed by atoms with E-state index in [0.29, 0.717) is 71.7 Å². The van der Waals surface area contributed by atoms with Gasteiger partial charge < -0.3 is 65.0 Å². The second-order valence-electron chi connectivity index (χ2n) is 14.3. The molecule has 2 fully saturated rings. The van der Waals surface area contributed by atoms with Crippen LogP contribution in [0.3, 0.4) is 0 Å². The van der Waals surface area contributed by atoms with Gasteiger partial charge in [0.2, 0.25) is 5.78 Å². The molecule has 0 spiro atoms. The molecule has 2 unspecified atom stereocenters. The van der Waals surface area contributed by atoms with Gasteiger partial charge in [0.05, 0.1) is 59.8 Å². The van der Waals surface area contributed by atoms with Gasteiger partial charge in [0.25, 0.3) is 12.6 Å². The van der Waals surface area contributed by atoms with Crippen molar-refractivity contribution >= 4 is 23.0 Å². The number of ether oxygens (including phenoxy) is 8. The molecule has 4 bridgehead atoms. The van der Waals surface area contributed by atoms with E-state index in [0.717, 1.165) is 0 Å². The van der Waals surface area contributed by atoms with E-state index >= 15 is 0 Å². The minimum Gasteiger partial charge on any atom is -0.415 e. The average molecular weight is 903 g/mol. The molecule has 6 aromatic rings. The van der Waals surface area contributed by atoms with E-state index in [9.17, 15) is 4.79 Å². The molecule has 64 heavy (non-hydrogen) atoms. The number of rotatable bonds is 6. The number of carbonyl (C=O) groups excluding carboxylic acids is 1. The van der Waals surface area contributed by atoms with Crippen LogP contribution in [0.5, 0.6) is 34.5 Å². The summed E-state index contributed by atoms with van der Waals surface area (Å²) in [4.78, 5) is 14.9. The van der Waals surface area contributed by atoms with Gasteiger partial charge in [-0.2, -0.15) is 0 Å². The quantitative estimate of drug-likeness (QED) is 0.146. The SMILES string of the molecule is O=C1c2ccccc2OP(Oc2ccccc2C2OCCO2)Oc2ccccc2C2OC3=C(O2)OC(O3)c2ccccc2OP(Oc2ccccc2C2OCCO2)Oc2ccccc21. The summed E-state index contributed by atoms with van der Waals surface area (Å²) in [6, 6.07) is 42.3. The Morgan fingerprint density at radius 2 is 0.703 bits per heavy atom. The monoisotopic (exact) mass is 902 g/mol. The van der Waals surface area contributed by atoms with Crippen molar-refractivity contribution in [3.8, 4) is 34.5 Å². The highest BCUT2D eigenvalue weighted by Crippen LogP contribution is 2.53. The number of fused-ring (bicyclic) bond motifs is 4. The number of ketones is 1. The number of hydrogen-bond acceptors (Lipinski definition) is 15. The molecule has 0 aliphatic carbocycles. The Morgan fingerprint density at radius 1 is 0.375 bits per heavy atom. The molecule has 0 radical (unpaired) electrons. The molecule has 17 heteroatoms. The molecule has 2 atom stereocenters. The van der Waals surface area contributed by atoms with Crippen LogP contribution < -0.4 is 27.1 Å². The summed E-state index contributed by atoms with van der Waals surface area (Å²) in [5, 5.41) is 0. The lowest BCUT2D eigenvalue weighted by molar-refractivity contribution is -0.181. The molecule has 2 saturated heterocycles. The summed E-state index contributed by atoms with van der Waals surface area (Å²) in [7, 11) is -4.80. The number of para-hydroxylation sites is 6. The van der Waals surface area contributed by atoms with Crippen LogP contribution in [0.25, 0.3) is 0 Å². The molecule has 6 aromatic carbocycles. The van der Waals surface area contributed by atoms with Crippen molar-refractivity contribution in [2.45, 2.75) is 25.2 Å². The number of carbonyl (C=O) groups is 1. The van der Waals surface area contributed by atoms with Crippen LogP contribution in [0.4, 0.5) is 0 Å². The van der Waals surface area contributed by atoms with Gasteiger partial charge in [-0.1, -0.05) is 84.9 Å². The predicted molar refractivity (Wildman–Crippen MR) is 226 cm³/mol.